The van der Waals surface area contributed by atoms with Crippen LogP contribution >= 0.6 is 0 Å². The molecule has 0 N–H and O–H groups in total. The van der Waals surface area contributed by atoms with Gasteiger partial charge in [-0.15, -0.1) is 0 Å². The first kappa shape index (κ1) is 12.5. The predicted molar refractivity (Wildman–Crippen MR) is 68.5 cm³/mol. The molecule has 0 saturated carbocycles. The lowest BCUT2D eigenvalue weighted by Gasteiger charge is -2.12. The first-order chi connectivity index (χ1) is 8.61. The van der Waals surface area contributed by atoms with Crippen LogP contribution in [0.4, 0.5) is 0 Å². The van der Waals surface area contributed by atoms with Gasteiger partial charge in [0.1, 0.15) is 6.10 Å². The van der Waals surface area contributed by atoms with Crippen molar-refractivity contribution in [3.63, 3.8) is 0 Å². The average Bonchev–Trinajstić information content (AvgIpc) is 2.38. The van der Waals surface area contributed by atoms with Gasteiger partial charge in [-0.2, -0.15) is 0 Å². The van der Waals surface area contributed by atoms with E-state index in [1.54, 1.807) is 24.3 Å². The maximum atomic E-state index is 12.1. The van der Waals surface area contributed by atoms with Crippen molar-refractivity contribution in [3.8, 4) is 0 Å². The van der Waals surface area contributed by atoms with Crippen LogP contribution in [0.5, 0.6) is 0 Å². The summed E-state index contributed by atoms with van der Waals surface area (Å²) >= 11 is 0. The molecule has 1 aliphatic rings. The summed E-state index contributed by atoms with van der Waals surface area (Å²) in [5.41, 5.74) is 2.08. The molecule has 0 fully saturated rings. The molecule has 1 aromatic rings. The van der Waals surface area contributed by atoms with Gasteiger partial charge in [-0.05, 0) is 19.1 Å². The molecule has 3 nitrogen and oxygen atoms in total. The Labute approximate surface area is 106 Å². The summed E-state index contributed by atoms with van der Waals surface area (Å²) in [4.78, 5) is 23.8. The highest BCUT2D eigenvalue weighted by Crippen LogP contribution is 2.16. The number of aryl methyl sites for hydroxylation is 1. The molecule has 0 heterocycles. The van der Waals surface area contributed by atoms with E-state index in [0.717, 1.165) is 5.56 Å². The zero-order chi connectivity index (χ0) is 13.1. The third kappa shape index (κ3) is 2.46. The number of carbonyl (C=O) groups is 2. The molecule has 0 spiro atoms. The van der Waals surface area contributed by atoms with E-state index in [-0.39, 0.29) is 11.6 Å². The minimum absolute atomic E-state index is 0.144. The number of hydrogen-bond donors (Lipinski definition) is 0. The second-order valence-electron chi connectivity index (χ2n) is 4.21. The zero-order valence-electron chi connectivity index (χ0n) is 10.3. The molecule has 2 rings (SSSR count). The van der Waals surface area contributed by atoms with E-state index < -0.39 is 6.10 Å². The Bertz CT molecular complexity index is 535. The average molecular weight is 242 g/mol. The molecule has 0 aliphatic heterocycles. The number of rotatable bonds is 3. The van der Waals surface area contributed by atoms with Gasteiger partial charge in [0.25, 0.3) is 0 Å². The summed E-state index contributed by atoms with van der Waals surface area (Å²) in [6.07, 6.45) is 4.01. The Morgan fingerprint density at radius 2 is 1.89 bits per heavy atom. The lowest BCUT2D eigenvalue weighted by Crippen LogP contribution is -2.22. The van der Waals surface area contributed by atoms with Gasteiger partial charge in [0.05, 0.1) is 0 Å². The summed E-state index contributed by atoms with van der Waals surface area (Å²) < 4.78 is 4.96. The van der Waals surface area contributed by atoms with Crippen LogP contribution in [-0.4, -0.2) is 24.8 Å². The van der Waals surface area contributed by atoms with Crippen LogP contribution in [-0.2, 0) is 9.53 Å². The summed E-state index contributed by atoms with van der Waals surface area (Å²) in [7, 11) is 1.47. The topological polar surface area (TPSA) is 43.4 Å². The quantitative estimate of drug-likeness (QED) is 0.763. The van der Waals surface area contributed by atoms with Gasteiger partial charge in [-0.3, -0.25) is 9.59 Å². The number of ether oxygens (including phenoxy) is 1. The highest BCUT2D eigenvalue weighted by molar-refractivity contribution is 6.15. The molecular formula is C15H14O3. The van der Waals surface area contributed by atoms with Crippen molar-refractivity contribution in [2.24, 2.45) is 0 Å². The van der Waals surface area contributed by atoms with Crippen molar-refractivity contribution >= 4 is 11.6 Å². The van der Waals surface area contributed by atoms with Crippen LogP contribution in [0, 0.1) is 6.92 Å². The van der Waals surface area contributed by atoms with Crippen LogP contribution in [0.15, 0.2) is 48.1 Å². The number of carbonyl (C=O) groups excluding carboxylic acids is 2. The van der Waals surface area contributed by atoms with Crippen molar-refractivity contribution in [1.29, 1.82) is 0 Å². The van der Waals surface area contributed by atoms with Crippen LogP contribution in [0.3, 0.4) is 0 Å². The number of allylic oxidation sites excluding steroid dienone is 2. The van der Waals surface area contributed by atoms with Crippen molar-refractivity contribution in [2.75, 3.05) is 7.11 Å². The maximum absolute atomic E-state index is 12.1. The van der Waals surface area contributed by atoms with Crippen LogP contribution in [0.1, 0.15) is 15.9 Å². The number of ketones is 2. The minimum Gasteiger partial charge on any atom is -0.369 e. The normalized spacial score (nSPS) is 18.7. The van der Waals surface area contributed by atoms with E-state index in [9.17, 15) is 9.59 Å². The second kappa shape index (κ2) is 5.10. The van der Waals surface area contributed by atoms with Crippen molar-refractivity contribution in [1.82, 2.24) is 0 Å². The Kier molecular flexibility index (Phi) is 3.53. The van der Waals surface area contributed by atoms with E-state index in [1.165, 1.54) is 13.2 Å². The van der Waals surface area contributed by atoms with Gasteiger partial charge in [-0.1, -0.05) is 35.9 Å². The first-order valence-electron chi connectivity index (χ1n) is 5.69. The molecule has 18 heavy (non-hydrogen) atoms. The lowest BCUT2D eigenvalue weighted by atomic mass is 9.96. The predicted octanol–water partition coefficient (Wildman–Crippen LogP) is 2.26. The van der Waals surface area contributed by atoms with Crippen molar-refractivity contribution in [3.05, 3.63) is 59.2 Å². The summed E-state index contributed by atoms with van der Waals surface area (Å²) in [6, 6.07) is 7.28. The van der Waals surface area contributed by atoms with Gasteiger partial charge in [-0.25, -0.2) is 0 Å². The molecule has 1 aromatic carbocycles. The Balaban J connectivity index is 2.23. The molecule has 0 radical (unpaired) electrons. The number of hydrogen-bond acceptors (Lipinski definition) is 3. The Morgan fingerprint density at radius 3 is 2.44 bits per heavy atom. The van der Waals surface area contributed by atoms with E-state index >= 15 is 0 Å². The van der Waals surface area contributed by atoms with Gasteiger partial charge in [0.2, 0.25) is 0 Å². The third-order valence-electron chi connectivity index (χ3n) is 2.86. The second-order valence-corrected chi connectivity index (χ2v) is 4.21. The molecule has 1 unspecified atom stereocenters. The first-order valence-corrected chi connectivity index (χ1v) is 5.69. The largest absolute Gasteiger partial charge is 0.369 e. The number of Topliss-reactive ketones (excluding diaryl/α,β-unsaturated/α-hetero) is 1. The summed E-state index contributed by atoms with van der Waals surface area (Å²) in [6.45, 7) is 1.96. The SMILES string of the molecule is COC1C=CC(C(=O)c2ccc(C)cc2)=CC1=O. The van der Waals surface area contributed by atoms with Gasteiger partial charge in [0.15, 0.2) is 11.6 Å². The summed E-state index contributed by atoms with van der Waals surface area (Å²) in [5.74, 6) is -0.343. The van der Waals surface area contributed by atoms with Gasteiger partial charge >= 0.3 is 0 Å². The monoisotopic (exact) mass is 242 g/mol. The Morgan fingerprint density at radius 1 is 1.22 bits per heavy atom. The highest BCUT2D eigenvalue weighted by atomic mass is 16.5. The fraction of sp³-hybridized carbons (Fsp3) is 0.200. The molecule has 0 bridgehead atoms. The number of methoxy groups -OCH3 is 1. The minimum atomic E-state index is -0.570. The molecule has 1 aliphatic carbocycles. The van der Waals surface area contributed by atoms with Crippen LogP contribution < -0.4 is 0 Å². The van der Waals surface area contributed by atoms with E-state index in [1.807, 2.05) is 19.1 Å². The van der Waals surface area contributed by atoms with E-state index in [0.29, 0.717) is 11.1 Å². The molecule has 0 aromatic heterocycles. The zero-order valence-corrected chi connectivity index (χ0v) is 10.3. The van der Waals surface area contributed by atoms with Crippen molar-refractivity contribution < 1.29 is 14.3 Å². The van der Waals surface area contributed by atoms with Gasteiger partial charge < -0.3 is 4.74 Å². The summed E-state index contributed by atoms with van der Waals surface area (Å²) in [5, 5.41) is 0. The molecule has 0 saturated heterocycles. The molecule has 1 atom stereocenters. The molecular weight excluding hydrogens is 228 g/mol. The lowest BCUT2D eigenvalue weighted by molar-refractivity contribution is -0.121. The molecule has 0 amide bonds. The smallest absolute Gasteiger partial charge is 0.193 e. The van der Waals surface area contributed by atoms with Crippen LogP contribution in [0.2, 0.25) is 0 Å². The third-order valence-corrected chi connectivity index (χ3v) is 2.86. The highest BCUT2D eigenvalue weighted by Gasteiger charge is 2.20. The van der Waals surface area contributed by atoms with Gasteiger partial charge in [0, 0.05) is 18.2 Å². The van der Waals surface area contributed by atoms with E-state index in [2.05, 4.69) is 0 Å². The van der Waals surface area contributed by atoms with E-state index in [4.69, 9.17) is 4.74 Å². The fourth-order valence-electron chi connectivity index (χ4n) is 1.78. The number of benzene rings is 1. The molecule has 3 heteroatoms. The molecule has 92 valence electrons. The van der Waals surface area contributed by atoms with Crippen molar-refractivity contribution in [2.45, 2.75) is 13.0 Å². The van der Waals surface area contributed by atoms with Crippen LogP contribution in [0.25, 0.3) is 0 Å². The standard InChI is InChI=1S/C15H14O3/c1-10-3-5-11(6-4-10)15(17)12-7-8-14(18-2)13(16)9-12/h3-9,14H,1-2H3. The Hall–Kier alpha value is -2.00. The fourth-order valence-corrected chi connectivity index (χ4v) is 1.78. The maximum Gasteiger partial charge on any atom is 0.193 e.